The molecule has 13 heteroatoms. The van der Waals surface area contributed by atoms with Gasteiger partial charge >= 0.3 is 6.09 Å². The summed E-state index contributed by atoms with van der Waals surface area (Å²) in [5.74, 6) is 0. The third-order valence-electron chi connectivity index (χ3n) is 5.38. The van der Waals surface area contributed by atoms with Crippen LogP contribution < -0.4 is 5.32 Å². The van der Waals surface area contributed by atoms with Gasteiger partial charge in [-0.15, -0.1) is 0 Å². The van der Waals surface area contributed by atoms with E-state index < -0.39 is 80.0 Å². The monoisotopic (exact) mass is 453 g/mol. The SMILES string of the molecule is C=CCOC(=O)N[C@@H]1[C@@H](OCC)O[C@H](CO)[C@](O)([C@@H]2O[C@H](CO)[C@H](O)[C@H](O)[C@H]2O)[C@@H]1O. The van der Waals surface area contributed by atoms with Gasteiger partial charge in [-0.05, 0) is 6.92 Å². The van der Waals surface area contributed by atoms with Crippen molar-refractivity contribution in [1.82, 2.24) is 5.32 Å². The Balaban J connectivity index is 2.40. The van der Waals surface area contributed by atoms with Crippen LogP contribution in [-0.2, 0) is 18.9 Å². The van der Waals surface area contributed by atoms with Crippen molar-refractivity contribution in [2.24, 2.45) is 0 Å². The molecule has 2 rings (SSSR count). The second-order valence-corrected chi connectivity index (χ2v) is 7.27. The number of carbonyl (C=O) groups excluding carboxylic acids is 1. The first-order valence-corrected chi connectivity index (χ1v) is 9.80. The second kappa shape index (κ2) is 11.0. The first kappa shape index (κ1) is 25.9. The molecule has 2 fully saturated rings. The van der Waals surface area contributed by atoms with Crippen molar-refractivity contribution >= 4 is 6.09 Å². The largest absolute Gasteiger partial charge is 0.445 e. The smallest absolute Gasteiger partial charge is 0.407 e. The van der Waals surface area contributed by atoms with Gasteiger partial charge < -0.3 is 60.0 Å². The lowest BCUT2D eigenvalue weighted by Crippen LogP contribution is -2.79. The molecule has 0 spiro atoms. The summed E-state index contributed by atoms with van der Waals surface area (Å²) in [6.45, 7) is 3.28. The zero-order chi connectivity index (χ0) is 23.3. The van der Waals surface area contributed by atoms with E-state index in [0.29, 0.717) is 0 Å². The fraction of sp³-hybridized carbons (Fsp3) is 0.833. The van der Waals surface area contributed by atoms with E-state index in [0.717, 1.165) is 0 Å². The van der Waals surface area contributed by atoms with Gasteiger partial charge in [-0.2, -0.15) is 0 Å². The van der Waals surface area contributed by atoms with Crippen molar-refractivity contribution in [1.29, 1.82) is 0 Å². The predicted molar refractivity (Wildman–Crippen MR) is 101 cm³/mol. The maximum Gasteiger partial charge on any atom is 0.407 e. The Kier molecular flexibility index (Phi) is 9.14. The first-order chi connectivity index (χ1) is 14.7. The zero-order valence-electron chi connectivity index (χ0n) is 17.0. The maximum absolute atomic E-state index is 12.0. The highest BCUT2D eigenvalue weighted by molar-refractivity contribution is 5.68. The Labute approximate surface area is 178 Å². The molecule has 8 N–H and O–H groups in total. The van der Waals surface area contributed by atoms with E-state index in [9.17, 15) is 40.5 Å². The van der Waals surface area contributed by atoms with E-state index in [-0.39, 0.29) is 13.2 Å². The zero-order valence-corrected chi connectivity index (χ0v) is 17.0. The summed E-state index contributed by atoms with van der Waals surface area (Å²) in [6, 6.07) is -1.46. The number of alkyl carbamates (subject to hydrolysis) is 1. The summed E-state index contributed by atoms with van der Waals surface area (Å²) in [4.78, 5) is 12.0. The Morgan fingerprint density at radius 2 is 1.81 bits per heavy atom. The molecule has 2 saturated heterocycles. The van der Waals surface area contributed by atoms with Crippen LogP contribution in [0.3, 0.4) is 0 Å². The number of amides is 1. The molecule has 10 atom stereocenters. The van der Waals surface area contributed by atoms with Crippen LogP contribution in [0.2, 0.25) is 0 Å². The van der Waals surface area contributed by atoms with E-state index in [2.05, 4.69) is 11.9 Å². The molecule has 2 aliphatic rings. The number of nitrogens with one attached hydrogen (secondary N) is 1. The van der Waals surface area contributed by atoms with Crippen LogP contribution in [0.25, 0.3) is 0 Å². The summed E-state index contributed by atoms with van der Waals surface area (Å²) >= 11 is 0. The molecule has 0 aliphatic carbocycles. The quantitative estimate of drug-likeness (QED) is 0.165. The maximum atomic E-state index is 12.0. The molecule has 31 heavy (non-hydrogen) atoms. The van der Waals surface area contributed by atoms with Gasteiger partial charge in [0.1, 0.15) is 61.0 Å². The molecule has 0 bridgehead atoms. The number of hydrogen-bond acceptors (Lipinski definition) is 12. The third-order valence-corrected chi connectivity index (χ3v) is 5.38. The molecule has 1 amide bonds. The summed E-state index contributed by atoms with van der Waals surface area (Å²) in [5.41, 5.74) is -2.62. The first-order valence-electron chi connectivity index (χ1n) is 9.80. The van der Waals surface area contributed by atoms with Gasteiger partial charge in [0.05, 0.1) is 13.2 Å². The molecule has 0 saturated carbocycles. The van der Waals surface area contributed by atoms with E-state index in [1.165, 1.54) is 6.08 Å². The van der Waals surface area contributed by atoms with Gasteiger partial charge in [-0.25, -0.2) is 4.79 Å². The Morgan fingerprint density at radius 1 is 1.13 bits per heavy atom. The average Bonchev–Trinajstić information content (AvgIpc) is 2.75. The van der Waals surface area contributed by atoms with Crippen LogP contribution in [0.1, 0.15) is 6.92 Å². The molecule has 0 aromatic heterocycles. The van der Waals surface area contributed by atoms with Gasteiger partial charge in [0.15, 0.2) is 6.29 Å². The van der Waals surface area contributed by atoms with Gasteiger partial charge in [0, 0.05) is 6.61 Å². The summed E-state index contributed by atoms with van der Waals surface area (Å²) < 4.78 is 21.1. The minimum atomic E-state index is -2.62. The molecule has 2 aliphatic heterocycles. The third kappa shape index (κ3) is 5.01. The van der Waals surface area contributed by atoms with Crippen LogP contribution in [0.15, 0.2) is 12.7 Å². The predicted octanol–water partition coefficient (Wildman–Crippen LogP) is -4.04. The Morgan fingerprint density at radius 3 is 2.35 bits per heavy atom. The summed E-state index contributed by atoms with van der Waals surface area (Å²) in [7, 11) is 0. The fourth-order valence-electron chi connectivity index (χ4n) is 3.77. The summed E-state index contributed by atoms with van der Waals surface area (Å²) in [6.07, 6.45) is -13.4. The number of carbonyl (C=O) groups is 1. The summed E-state index contributed by atoms with van der Waals surface area (Å²) in [5, 5.41) is 74.5. The molecule has 13 nitrogen and oxygen atoms in total. The van der Waals surface area contributed by atoms with Crippen LogP contribution in [0.4, 0.5) is 4.79 Å². The van der Waals surface area contributed by atoms with E-state index >= 15 is 0 Å². The number of ether oxygens (including phenoxy) is 4. The fourth-order valence-corrected chi connectivity index (χ4v) is 3.77. The molecule has 0 radical (unpaired) electrons. The normalized spacial score (nSPS) is 43.3. The van der Waals surface area contributed by atoms with Crippen molar-refractivity contribution in [3.63, 3.8) is 0 Å². The highest BCUT2D eigenvalue weighted by Crippen LogP contribution is 2.39. The number of rotatable bonds is 8. The van der Waals surface area contributed by atoms with Gasteiger partial charge in [0.25, 0.3) is 0 Å². The molecular formula is C18H31NO12. The van der Waals surface area contributed by atoms with Crippen LogP contribution >= 0.6 is 0 Å². The lowest BCUT2D eigenvalue weighted by molar-refractivity contribution is -0.355. The van der Waals surface area contributed by atoms with Gasteiger partial charge in [-0.3, -0.25) is 0 Å². The average molecular weight is 453 g/mol. The Bertz CT molecular complexity index is 606. The number of hydrogen-bond donors (Lipinski definition) is 8. The lowest BCUT2D eigenvalue weighted by Gasteiger charge is -2.55. The van der Waals surface area contributed by atoms with Crippen LogP contribution in [-0.4, -0.2) is 129 Å². The topological polar surface area (TPSA) is 208 Å². The molecule has 180 valence electrons. The van der Waals surface area contributed by atoms with E-state index in [4.69, 9.17) is 18.9 Å². The molecule has 2 heterocycles. The minimum absolute atomic E-state index is 0.0773. The highest BCUT2D eigenvalue weighted by atomic mass is 16.7. The van der Waals surface area contributed by atoms with Crippen molar-refractivity contribution in [2.75, 3.05) is 26.4 Å². The van der Waals surface area contributed by atoms with Crippen molar-refractivity contribution in [3.05, 3.63) is 12.7 Å². The highest BCUT2D eigenvalue weighted by Gasteiger charge is 2.64. The van der Waals surface area contributed by atoms with Gasteiger partial charge in [-0.1, -0.05) is 12.7 Å². The molecular weight excluding hydrogens is 422 g/mol. The van der Waals surface area contributed by atoms with Crippen LogP contribution in [0, 0.1) is 0 Å². The second-order valence-electron chi connectivity index (χ2n) is 7.27. The van der Waals surface area contributed by atoms with Crippen molar-refractivity contribution in [3.8, 4) is 0 Å². The molecule has 0 aromatic carbocycles. The minimum Gasteiger partial charge on any atom is -0.445 e. The molecule has 0 unspecified atom stereocenters. The van der Waals surface area contributed by atoms with Crippen molar-refractivity contribution in [2.45, 2.75) is 67.6 Å². The number of aliphatic hydroxyl groups is 7. The number of aliphatic hydroxyl groups excluding tert-OH is 6. The Hall–Kier alpha value is -1.39. The van der Waals surface area contributed by atoms with Gasteiger partial charge in [0.2, 0.25) is 0 Å². The van der Waals surface area contributed by atoms with E-state index in [1.807, 2.05) is 0 Å². The molecule has 0 aromatic rings. The lowest BCUT2D eigenvalue weighted by atomic mass is 9.74. The van der Waals surface area contributed by atoms with Crippen molar-refractivity contribution < 1.29 is 59.5 Å². The van der Waals surface area contributed by atoms with Crippen LogP contribution in [0.5, 0.6) is 0 Å². The standard InChI is InChI=1S/C18H31NO12/c1-3-5-29-17(26)19-10-14(25)18(27,9(7-21)31-16(10)28-4-2)15-13(24)12(23)11(22)8(6-20)30-15/h3,8-16,20-25,27H,1,4-7H2,2H3,(H,19,26)/t8-,9-,10+,11+,12+,13-,14-,15-,16+,18-/m1/s1. The van der Waals surface area contributed by atoms with E-state index in [1.54, 1.807) is 6.92 Å².